The van der Waals surface area contributed by atoms with E-state index in [9.17, 15) is 14.0 Å². The van der Waals surface area contributed by atoms with E-state index in [0.29, 0.717) is 17.9 Å². The fourth-order valence-corrected chi connectivity index (χ4v) is 3.15. The van der Waals surface area contributed by atoms with E-state index < -0.39 is 11.1 Å². The van der Waals surface area contributed by atoms with Crippen LogP contribution in [0.5, 0.6) is 0 Å². The van der Waals surface area contributed by atoms with Crippen molar-refractivity contribution in [2.24, 2.45) is 0 Å². The molecule has 134 valence electrons. The van der Waals surface area contributed by atoms with E-state index in [1.807, 2.05) is 6.92 Å². The minimum absolute atomic E-state index is 0.0689. The standard InChI is InChI=1S/C17H23ClFNO3S/c1-4-6-7-8-16(21)20-14-10-15(12(18)9-13(14)19)24-11(3)17(22)23-5-2/h9-11H,4-8H2,1-3H3,(H,20,21). The highest BCUT2D eigenvalue weighted by Crippen LogP contribution is 2.34. The van der Waals surface area contributed by atoms with Gasteiger partial charge in [0.15, 0.2) is 0 Å². The van der Waals surface area contributed by atoms with Gasteiger partial charge in [0.2, 0.25) is 5.91 Å². The van der Waals surface area contributed by atoms with Crippen LogP contribution in [0.1, 0.15) is 46.5 Å². The number of nitrogens with one attached hydrogen (secondary N) is 1. The van der Waals surface area contributed by atoms with Crippen molar-refractivity contribution < 1.29 is 18.7 Å². The summed E-state index contributed by atoms with van der Waals surface area (Å²) in [6.07, 6.45) is 3.07. The second-order valence-electron chi connectivity index (χ2n) is 5.28. The predicted molar refractivity (Wildman–Crippen MR) is 96.1 cm³/mol. The number of unbranched alkanes of at least 4 members (excludes halogenated alkanes) is 2. The minimum atomic E-state index is -0.600. The van der Waals surface area contributed by atoms with Gasteiger partial charge in [-0.25, -0.2) is 4.39 Å². The van der Waals surface area contributed by atoms with Gasteiger partial charge < -0.3 is 10.1 Å². The maximum atomic E-state index is 14.0. The molecule has 0 heterocycles. The Morgan fingerprint density at radius 2 is 2.04 bits per heavy atom. The normalized spacial score (nSPS) is 11.9. The third-order valence-corrected chi connectivity index (χ3v) is 4.79. The number of amides is 1. The number of carbonyl (C=O) groups excluding carboxylic acids is 2. The van der Waals surface area contributed by atoms with Crippen molar-refractivity contribution >= 4 is 40.9 Å². The number of esters is 1. The van der Waals surface area contributed by atoms with E-state index in [1.54, 1.807) is 13.8 Å². The molecule has 1 aromatic rings. The molecule has 0 spiro atoms. The summed E-state index contributed by atoms with van der Waals surface area (Å²) in [5, 5.41) is 2.27. The molecule has 0 saturated carbocycles. The number of ether oxygens (including phenoxy) is 1. The quantitative estimate of drug-likeness (QED) is 0.373. The van der Waals surface area contributed by atoms with Crippen molar-refractivity contribution in [2.75, 3.05) is 11.9 Å². The summed E-state index contributed by atoms with van der Waals surface area (Å²) < 4.78 is 18.9. The van der Waals surface area contributed by atoms with Crippen LogP contribution in [-0.4, -0.2) is 23.7 Å². The van der Waals surface area contributed by atoms with Gasteiger partial charge in [-0.05, 0) is 32.4 Å². The third kappa shape index (κ3) is 6.69. The molecule has 0 aliphatic heterocycles. The minimum Gasteiger partial charge on any atom is -0.465 e. The molecule has 0 aliphatic carbocycles. The van der Waals surface area contributed by atoms with Crippen molar-refractivity contribution in [3.05, 3.63) is 23.0 Å². The number of anilines is 1. The summed E-state index contributed by atoms with van der Waals surface area (Å²) >= 11 is 7.21. The number of halogens is 2. The first-order valence-electron chi connectivity index (χ1n) is 8.01. The summed E-state index contributed by atoms with van der Waals surface area (Å²) in [7, 11) is 0. The zero-order valence-corrected chi connectivity index (χ0v) is 15.7. The Morgan fingerprint density at radius 1 is 1.33 bits per heavy atom. The van der Waals surface area contributed by atoms with Crippen molar-refractivity contribution in [1.29, 1.82) is 0 Å². The number of benzene rings is 1. The second kappa shape index (κ2) is 10.6. The Labute approximate surface area is 151 Å². The number of thioether (sulfide) groups is 1. The highest BCUT2D eigenvalue weighted by atomic mass is 35.5. The Balaban J connectivity index is 2.81. The van der Waals surface area contributed by atoms with Gasteiger partial charge in [-0.1, -0.05) is 31.4 Å². The van der Waals surface area contributed by atoms with E-state index >= 15 is 0 Å². The van der Waals surface area contributed by atoms with Crippen LogP contribution in [0.3, 0.4) is 0 Å². The average molecular weight is 376 g/mol. The van der Waals surface area contributed by atoms with Crippen LogP contribution in [0, 0.1) is 5.82 Å². The highest BCUT2D eigenvalue weighted by molar-refractivity contribution is 8.00. The van der Waals surface area contributed by atoms with Gasteiger partial charge >= 0.3 is 5.97 Å². The number of hydrogen-bond acceptors (Lipinski definition) is 4. The molecule has 1 aromatic carbocycles. The lowest BCUT2D eigenvalue weighted by molar-refractivity contribution is -0.142. The third-order valence-electron chi connectivity index (χ3n) is 3.23. The zero-order valence-electron chi connectivity index (χ0n) is 14.2. The molecule has 1 rings (SSSR count). The van der Waals surface area contributed by atoms with Crippen LogP contribution in [0.25, 0.3) is 0 Å². The lowest BCUT2D eigenvalue weighted by Crippen LogP contribution is -2.17. The molecule has 0 aliphatic rings. The van der Waals surface area contributed by atoms with Gasteiger partial charge in [-0.2, -0.15) is 0 Å². The summed E-state index contributed by atoms with van der Waals surface area (Å²) in [6, 6.07) is 2.60. The van der Waals surface area contributed by atoms with Crippen LogP contribution >= 0.6 is 23.4 Å². The lowest BCUT2D eigenvalue weighted by Gasteiger charge is -2.13. The smallest absolute Gasteiger partial charge is 0.319 e. The zero-order chi connectivity index (χ0) is 18.1. The Kier molecular flexibility index (Phi) is 9.14. The van der Waals surface area contributed by atoms with Crippen molar-refractivity contribution in [2.45, 2.75) is 56.6 Å². The molecule has 1 amide bonds. The van der Waals surface area contributed by atoms with E-state index in [1.165, 1.54) is 17.8 Å². The van der Waals surface area contributed by atoms with E-state index in [4.69, 9.17) is 16.3 Å². The first kappa shape index (κ1) is 20.8. The maximum Gasteiger partial charge on any atom is 0.319 e. The van der Waals surface area contributed by atoms with Crippen molar-refractivity contribution in [3.8, 4) is 0 Å². The average Bonchev–Trinajstić information content (AvgIpc) is 2.52. The van der Waals surface area contributed by atoms with Gasteiger partial charge in [0, 0.05) is 11.3 Å². The van der Waals surface area contributed by atoms with Gasteiger partial charge in [0.05, 0.1) is 17.3 Å². The first-order chi connectivity index (χ1) is 11.4. The molecule has 4 nitrogen and oxygen atoms in total. The van der Waals surface area contributed by atoms with E-state index in [-0.39, 0.29) is 22.6 Å². The molecular weight excluding hydrogens is 353 g/mol. The van der Waals surface area contributed by atoms with Gasteiger partial charge in [-0.3, -0.25) is 9.59 Å². The lowest BCUT2D eigenvalue weighted by atomic mass is 10.2. The molecule has 0 radical (unpaired) electrons. The molecule has 0 bridgehead atoms. The van der Waals surface area contributed by atoms with E-state index in [2.05, 4.69) is 5.32 Å². The monoisotopic (exact) mass is 375 g/mol. The Hall–Kier alpha value is -1.27. The van der Waals surface area contributed by atoms with Crippen LogP contribution in [0.2, 0.25) is 5.02 Å². The Morgan fingerprint density at radius 3 is 2.67 bits per heavy atom. The first-order valence-corrected chi connectivity index (χ1v) is 9.26. The van der Waals surface area contributed by atoms with Crippen LogP contribution in [0.4, 0.5) is 10.1 Å². The SMILES string of the molecule is CCCCCC(=O)Nc1cc(SC(C)C(=O)OCC)c(Cl)cc1F. The van der Waals surface area contributed by atoms with Gasteiger partial charge in [0.1, 0.15) is 11.1 Å². The fraction of sp³-hybridized carbons (Fsp3) is 0.529. The van der Waals surface area contributed by atoms with Crippen molar-refractivity contribution in [3.63, 3.8) is 0 Å². The van der Waals surface area contributed by atoms with Crippen LogP contribution < -0.4 is 5.32 Å². The number of carbonyl (C=O) groups is 2. The van der Waals surface area contributed by atoms with Gasteiger partial charge in [-0.15, -0.1) is 11.8 Å². The topological polar surface area (TPSA) is 55.4 Å². The maximum absolute atomic E-state index is 14.0. The predicted octanol–water partition coefficient (Wildman–Crippen LogP) is 5.04. The molecule has 7 heteroatoms. The number of hydrogen-bond donors (Lipinski definition) is 1. The Bertz CT molecular complexity index is 583. The molecule has 1 atom stereocenters. The fourth-order valence-electron chi connectivity index (χ4n) is 1.96. The molecular formula is C17H23ClFNO3S. The largest absolute Gasteiger partial charge is 0.465 e. The molecule has 0 aromatic heterocycles. The summed E-state index contributed by atoms with van der Waals surface area (Å²) in [4.78, 5) is 24.1. The molecule has 0 fully saturated rings. The van der Waals surface area contributed by atoms with Gasteiger partial charge in [0.25, 0.3) is 0 Å². The second-order valence-corrected chi connectivity index (χ2v) is 7.07. The number of rotatable bonds is 9. The summed E-state index contributed by atoms with van der Waals surface area (Å²) in [5.41, 5.74) is 0.0689. The van der Waals surface area contributed by atoms with E-state index in [0.717, 1.165) is 25.3 Å². The molecule has 1 N–H and O–H groups in total. The van der Waals surface area contributed by atoms with Crippen molar-refractivity contribution in [1.82, 2.24) is 0 Å². The highest BCUT2D eigenvalue weighted by Gasteiger charge is 2.19. The summed E-state index contributed by atoms with van der Waals surface area (Å²) in [5.74, 6) is -1.20. The molecule has 24 heavy (non-hydrogen) atoms. The molecule has 0 saturated heterocycles. The molecule has 1 unspecified atom stereocenters. The summed E-state index contributed by atoms with van der Waals surface area (Å²) in [6.45, 7) is 5.75. The van der Waals surface area contributed by atoms with Crippen LogP contribution in [-0.2, 0) is 14.3 Å². The van der Waals surface area contributed by atoms with Crippen LogP contribution in [0.15, 0.2) is 17.0 Å².